The molecule has 8 N–H and O–H groups in total. The zero-order chi connectivity index (χ0) is 27.3. The molecule has 0 heterocycles. The van der Waals surface area contributed by atoms with Gasteiger partial charge in [0.25, 0.3) is 0 Å². The lowest BCUT2D eigenvalue weighted by molar-refractivity contribution is -0.142. The van der Waals surface area contributed by atoms with E-state index in [1.807, 2.05) is 20.1 Å². The summed E-state index contributed by atoms with van der Waals surface area (Å²) in [5.74, 6) is -3.54. The fourth-order valence-electron chi connectivity index (χ4n) is 3.40. The zero-order valence-corrected chi connectivity index (χ0v) is 21.7. The number of carboxylic acid groups (broad SMARTS) is 1. The molecule has 1 aromatic carbocycles. The number of amides is 4. The van der Waals surface area contributed by atoms with E-state index in [0.29, 0.717) is 12.2 Å². The minimum Gasteiger partial charge on any atom is -0.480 e. The van der Waals surface area contributed by atoms with Gasteiger partial charge in [-0.05, 0) is 36.3 Å². The number of hydrogen-bond acceptors (Lipinski definition) is 7. The predicted octanol–water partition coefficient (Wildman–Crippen LogP) is -0.230. The molecule has 11 nitrogen and oxygen atoms in total. The Morgan fingerprint density at radius 3 is 2.00 bits per heavy atom. The molecule has 0 saturated carbocycles. The lowest BCUT2D eigenvalue weighted by Gasteiger charge is -2.25. The Kier molecular flexibility index (Phi) is 13.6. The third-order valence-corrected chi connectivity index (χ3v) is 5.89. The van der Waals surface area contributed by atoms with Crippen LogP contribution in [0.1, 0.15) is 38.7 Å². The minimum atomic E-state index is -1.34. The second-order valence-electron chi connectivity index (χ2n) is 8.90. The van der Waals surface area contributed by atoms with Crippen molar-refractivity contribution in [1.82, 2.24) is 16.0 Å². The van der Waals surface area contributed by atoms with Crippen molar-refractivity contribution in [3.8, 4) is 0 Å². The molecule has 0 bridgehead atoms. The molecule has 0 spiro atoms. The summed E-state index contributed by atoms with van der Waals surface area (Å²) in [5.41, 5.74) is 11.9. The summed E-state index contributed by atoms with van der Waals surface area (Å²) in [6.45, 7) is 3.77. The van der Waals surface area contributed by atoms with E-state index in [2.05, 4.69) is 16.0 Å². The van der Waals surface area contributed by atoms with E-state index in [1.165, 1.54) is 11.8 Å². The van der Waals surface area contributed by atoms with Gasteiger partial charge in [-0.25, -0.2) is 4.79 Å². The van der Waals surface area contributed by atoms with Crippen LogP contribution in [0.5, 0.6) is 0 Å². The number of benzene rings is 1. The quantitative estimate of drug-likeness (QED) is 0.171. The SMILES string of the molecule is CSCCC(NC(=O)C(CC(N)=O)NC(=O)C(N)CC(C)C)C(=O)NC(Cc1ccccc1)C(=O)O. The fraction of sp³-hybridized carbons (Fsp3) is 0.542. The van der Waals surface area contributed by atoms with Crippen LogP contribution in [0.3, 0.4) is 0 Å². The summed E-state index contributed by atoms with van der Waals surface area (Å²) in [6, 6.07) is 4.27. The Balaban J connectivity index is 2.98. The van der Waals surface area contributed by atoms with Crippen molar-refractivity contribution in [2.75, 3.05) is 12.0 Å². The van der Waals surface area contributed by atoms with Crippen molar-refractivity contribution in [2.24, 2.45) is 17.4 Å². The van der Waals surface area contributed by atoms with Gasteiger partial charge in [-0.2, -0.15) is 11.8 Å². The number of carbonyl (C=O) groups excluding carboxylic acids is 4. The van der Waals surface area contributed by atoms with Gasteiger partial charge in [-0.3, -0.25) is 19.2 Å². The van der Waals surface area contributed by atoms with Gasteiger partial charge in [0.15, 0.2) is 0 Å². The first-order valence-corrected chi connectivity index (χ1v) is 13.0. The molecule has 4 amide bonds. The van der Waals surface area contributed by atoms with E-state index in [1.54, 1.807) is 30.3 Å². The van der Waals surface area contributed by atoms with Crippen LogP contribution in [0.4, 0.5) is 0 Å². The molecule has 200 valence electrons. The van der Waals surface area contributed by atoms with Crippen LogP contribution in [-0.4, -0.2) is 70.9 Å². The Hall–Kier alpha value is -3.12. The van der Waals surface area contributed by atoms with Gasteiger partial charge in [-0.1, -0.05) is 44.2 Å². The first kappa shape index (κ1) is 30.9. The standard InChI is InChI=1S/C24H37N5O6S/c1-14(2)11-16(25)21(31)28-18(13-20(26)30)23(33)27-17(9-10-36-3)22(32)29-19(24(34)35)12-15-7-5-4-6-8-15/h4-8,14,16-19H,9-13,25H2,1-3H3,(H2,26,30)(H,27,33)(H,28,31)(H,29,32)(H,34,35). The van der Waals surface area contributed by atoms with Crippen LogP contribution in [0, 0.1) is 5.92 Å². The predicted molar refractivity (Wildman–Crippen MR) is 138 cm³/mol. The third kappa shape index (κ3) is 11.5. The van der Waals surface area contributed by atoms with E-state index in [4.69, 9.17) is 11.5 Å². The molecular formula is C24H37N5O6S. The summed E-state index contributed by atoms with van der Waals surface area (Å²) in [7, 11) is 0. The molecule has 0 fully saturated rings. The summed E-state index contributed by atoms with van der Waals surface area (Å²) in [6.07, 6.45) is 1.94. The van der Waals surface area contributed by atoms with Crippen LogP contribution >= 0.6 is 11.8 Å². The number of primary amides is 1. The first-order valence-electron chi connectivity index (χ1n) is 11.6. The highest BCUT2D eigenvalue weighted by Crippen LogP contribution is 2.08. The lowest BCUT2D eigenvalue weighted by Crippen LogP contribution is -2.58. The molecule has 0 aliphatic heterocycles. The van der Waals surface area contributed by atoms with Crippen LogP contribution < -0.4 is 27.4 Å². The maximum absolute atomic E-state index is 13.0. The van der Waals surface area contributed by atoms with E-state index >= 15 is 0 Å². The average Bonchev–Trinajstić information content (AvgIpc) is 2.80. The average molecular weight is 524 g/mol. The van der Waals surface area contributed by atoms with Gasteiger partial charge in [0.2, 0.25) is 23.6 Å². The van der Waals surface area contributed by atoms with E-state index in [9.17, 15) is 29.1 Å². The number of thioether (sulfide) groups is 1. The lowest BCUT2D eigenvalue weighted by atomic mass is 10.0. The van der Waals surface area contributed by atoms with Crippen molar-refractivity contribution in [1.29, 1.82) is 0 Å². The number of nitrogens with two attached hydrogens (primary N) is 2. The molecule has 0 aliphatic carbocycles. The highest BCUT2D eigenvalue weighted by Gasteiger charge is 2.31. The van der Waals surface area contributed by atoms with Crippen molar-refractivity contribution in [2.45, 2.75) is 63.7 Å². The Morgan fingerprint density at radius 1 is 0.917 bits per heavy atom. The number of rotatable bonds is 16. The largest absolute Gasteiger partial charge is 0.480 e. The van der Waals surface area contributed by atoms with Gasteiger partial charge < -0.3 is 32.5 Å². The molecule has 4 unspecified atom stereocenters. The molecule has 0 radical (unpaired) electrons. The number of hydrogen-bond donors (Lipinski definition) is 6. The first-order chi connectivity index (χ1) is 16.9. The third-order valence-electron chi connectivity index (χ3n) is 5.24. The maximum Gasteiger partial charge on any atom is 0.326 e. The summed E-state index contributed by atoms with van der Waals surface area (Å²) in [4.78, 5) is 61.7. The molecule has 12 heteroatoms. The molecule has 36 heavy (non-hydrogen) atoms. The van der Waals surface area contributed by atoms with Crippen molar-refractivity contribution in [3.63, 3.8) is 0 Å². The number of nitrogens with one attached hydrogen (secondary N) is 3. The van der Waals surface area contributed by atoms with Gasteiger partial charge in [0.1, 0.15) is 18.1 Å². The molecule has 1 aromatic rings. The normalized spacial score (nSPS) is 14.2. The molecule has 1 rings (SSSR count). The van der Waals surface area contributed by atoms with E-state index in [-0.39, 0.29) is 18.8 Å². The Labute approximate surface area is 215 Å². The van der Waals surface area contributed by atoms with Gasteiger partial charge in [-0.15, -0.1) is 0 Å². The maximum atomic E-state index is 13.0. The van der Waals surface area contributed by atoms with Crippen LogP contribution in [0.15, 0.2) is 30.3 Å². The highest BCUT2D eigenvalue weighted by molar-refractivity contribution is 7.98. The number of carbonyl (C=O) groups is 5. The highest BCUT2D eigenvalue weighted by atomic mass is 32.2. The zero-order valence-electron chi connectivity index (χ0n) is 20.9. The van der Waals surface area contributed by atoms with Crippen LogP contribution in [0.2, 0.25) is 0 Å². The summed E-state index contributed by atoms with van der Waals surface area (Å²) in [5, 5.41) is 17.1. The topological polar surface area (TPSA) is 194 Å². The van der Waals surface area contributed by atoms with Crippen molar-refractivity contribution >= 4 is 41.4 Å². The number of carboxylic acids is 1. The second kappa shape index (κ2) is 15.8. The van der Waals surface area contributed by atoms with Crippen molar-refractivity contribution < 1.29 is 29.1 Å². The van der Waals surface area contributed by atoms with Gasteiger partial charge in [0.05, 0.1) is 12.5 Å². The smallest absolute Gasteiger partial charge is 0.326 e. The molecule has 4 atom stereocenters. The Bertz CT molecular complexity index is 898. The monoisotopic (exact) mass is 523 g/mol. The minimum absolute atomic E-state index is 0.0548. The fourth-order valence-corrected chi connectivity index (χ4v) is 3.87. The van der Waals surface area contributed by atoms with Gasteiger partial charge in [0, 0.05) is 6.42 Å². The Morgan fingerprint density at radius 2 is 1.47 bits per heavy atom. The van der Waals surface area contributed by atoms with Crippen LogP contribution in [-0.2, 0) is 30.4 Å². The molecule has 0 saturated heterocycles. The second-order valence-corrected chi connectivity index (χ2v) is 9.89. The van der Waals surface area contributed by atoms with Crippen LogP contribution in [0.25, 0.3) is 0 Å². The summed E-state index contributed by atoms with van der Waals surface area (Å²) < 4.78 is 0. The molecule has 0 aliphatic rings. The molecular weight excluding hydrogens is 486 g/mol. The number of aliphatic carboxylic acids is 1. The molecule has 0 aromatic heterocycles. The van der Waals surface area contributed by atoms with E-state index in [0.717, 1.165) is 5.56 Å². The van der Waals surface area contributed by atoms with Gasteiger partial charge >= 0.3 is 5.97 Å². The van der Waals surface area contributed by atoms with E-state index < -0.39 is 60.2 Å². The van der Waals surface area contributed by atoms with Crippen molar-refractivity contribution in [3.05, 3.63) is 35.9 Å². The summed E-state index contributed by atoms with van der Waals surface area (Å²) >= 11 is 1.43.